The lowest BCUT2D eigenvalue weighted by Gasteiger charge is -2.37. The number of aliphatic hydroxyl groups excluding tert-OH is 1. The van der Waals surface area contributed by atoms with E-state index in [0.29, 0.717) is 22.3 Å². The van der Waals surface area contributed by atoms with Crippen LogP contribution in [0.4, 0.5) is 10.5 Å². The molecule has 104 valence electrons. The zero-order valence-electron chi connectivity index (χ0n) is 10.4. The van der Waals surface area contributed by atoms with Crippen molar-refractivity contribution in [3.8, 4) is 0 Å². The number of aliphatic hydroxyl groups is 1. The number of hydrogen-bond donors (Lipinski definition) is 2. The molecule has 0 heterocycles. The zero-order chi connectivity index (χ0) is 13.8. The fourth-order valence-electron chi connectivity index (χ4n) is 2.03. The molecule has 2 N–H and O–H groups in total. The summed E-state index contributed by atoms with van der Waals surface area (Å²) in [5, 5.41) is 12.7. The predicted molar refractivity (Wildman–Crippen MR) is 76.9 cm³/mol. The molecule has 4 nitrogen and oxygen atoms in total. The maximum Gasteiger partial charge on any atom is 0.322 e. The van der Waals surface area contributed by atoms with Crippen molar-refractivity contribution in [3.63, 3.8) is 0 Å². The van der Waals surface area contributed by atoms with E-state index < -0.39 is 0 Å². The molecule has 1 aliphatic carbocycles. The van der Waals surface area contributed by atoms with Gasteiger partial charge in [-0.3, -0.25) is 0 Å². The number of urea groups is 1. The molecule has 1 aromatic rings. The zero-order valence-corrected chi connectivity index (χ0v) is 11.9. The fraction of sp³-hybridized carbons (Fsp3) is 0.462. The number of hydrogen-bond acceptors (Lipinski definition) is 2. The Morgan fingerprint density at radius 3 is 2.63 bits per heavy atom. The monoisotopic (exact) mass is 302 g/mol. The Labute approximate surface area is 122 Å². The van der Waals surface area contributed by atoms with Crippen molar-refractivity contribution in [2.45, 2.75) is 25.3 Å². The molecule has 2 amide bonds. The van der Waals surface area contributed by atoms with E-state index in [1.165, 1.54) is 0 Å². The average Bonchev–Trinajstić information content (AvgIpc) is 2.31. The molecule has 1 fully saturated rings. The molecule has 19 heavy (non-hydrogen) atoms. The van der Waals surface area contributed by atoms with Crippen LogP contribution in [0, 0.1) is 0 Å². The molecule has 0 aliphatic heterocycles. The van der Waals surface area contributed by atoms with Gasteiger partial charge in [-0.2, -0.15) is 0 Å². The van der Waals surface area contributed by atoms with Crippen LogP contribution in [0.3, 0.4) is 0 Å². The Kier molecular flexibility index (Phi) is 4.91. The summed E-state index contributed by atoms with van der Waals surface area (Å²) >= 11 is 11.7. The van der Waals surface area contributed by atoms with Gasteiger partial charge in [-0.1, -0.05) is 23.2 Å². The molecule has 0 unspecified atom stereocenters. The Hall–Kier alpha value is -0.970. The van der Waals surface area contributed by atoms with E-state index >= 15 is 0 Å². The van der Waals surface area contributed by atoms with Crippen molar-refractivity contribution in [3.05, 3.63) is 28.2 Å². The van der Waals surface area contributed by atoms with Crippen molar-refractivity contribution in [2.75, 3.05) is 18.5 Å². The minimum Gasteiger partial charge on any atom is -0.395 e. The van der Waals surface area contributed by atoms with Crippen LogP contribution in [0.15, 0.2) is 18.2 Å². The molecule has 0 saturated heterocycles. The van der Waals surface area contributed by atoms with Crippen LogP contribution in [0.1, 0.15) is 19.3 Å². The summed E-state index contributed by atoms with van der Waals surface area (Å²) < 4.78 is 0. The van der Waals surface area contributed by atoms with E-state index in [2.05, 4.69) is 5.32 Å². The summed E-state index contributed by atoms with van der Waals surface area (Å²) in [7, 11) is 0. The predicted octanol–water partition coefficient (Wildman–Crippen LogP) is 3.37. The second-order valence-electron chi connectivity index (χ2n) is 4.56. The molecule has 1 aliphatic rings. The lowest BCUT2D eigenvalue weighted by atomic mass is 9.92. The molecular weight excluding hydrogens is 287 g/mol. The first kappa shape index (κ1) is 14.4. The summed E-state index contributed by atoms with van der Waals surface area (Å²) in [5.74, 6) is 0. The van der Waals surface area contributed by atoms with Gasteiger partial charge in [-0.15, -0.1) is 0 Å². The molecule has 0 radical (unpaired) electrons. The molecule has 0 bridgehead atoms. The van der Waals surface area contributed by atoms with Crippen molar-refractivity contribution in [1.82, 2.24) is 4.90 Å². The Morgan fingerprint density at radius 2 is 2.11 bits per heavy atom. The number of anilines is 1. The third-order valence-electron chi connectivity index (χ3n) is 3.29. The number of nitrogens with one attached hydrogen (secondary N) is 1. The second-order valence-corrected chi connectivity index (χ2v) is 5.38. The number of carbonyl (C=O) groups excluding carboxylic acids is 1. The number of rotatable bonds is 4. The smallest absolute Gasteiger partial charge is 0.322 e. The maximum absolute atomic E-state index is 12.2. The first-order valence-electron chi connectivity index (χ1n) is 6.25. The number of carbonyl (C=O) groups is 1. The highest BCUT2D eigenvalue weighted by atomic mass is 35.5. The highest BCUT2D eigenvalue weighted by Gasteiger charge is 2.28. The Bertz CT molecular complexity index is 464. The lowest BCUT2D eigenvalue weighted by molar-refractivity contribution is 0.127. The fourth-order valence-corrected chi connectivity index (χ4v) is 2.32. The largest absolute Gasteiger partial charge is 0.395 e. The third-order valence-corrected chi connectivity index (χ3v) is 4.03. The van der Waals surface area contributed by atoms with Gasteiger partial charge in [0.05, 0.1) is 16.7 Å². The molecule has 0 atom stereocenters. The van der Waals surface area contributed by atoms with Crippen LogP contribution in [0.2, 0.25) is 10.0 Å². The van der Waals surface area contributed by atoms with Gasteiger partial charge in [0.1, 0.15) is 0 Å². The van der Waals surface area contributed by atoms with E-state index in [9.17, 15) is 4.79 Å². The number of halogens is 2. The normalized spacial score (nSPS) is 14.9. The van der Waals surface area contributed by atoms with Crippen LogP contribution in [-0.2, 0) is 0 Å². The van der Waals surface area contributed by atoms with Crippen LogP contribution in [0.5, 0.6) is 0 Å². The van der Waals surface area contributed by atoms with Crippen LogP contribution < -0.4 is 5.32 Å². The van der Waals surface area contributed by atoms with Gasteiger partial charge in [0.2, 0.25) is 0 Å². The highest BCUT2D eigenvalue weighted by molar-refractivity contribution is 6.42. The van der Waals surface area contributed by atoms with Crippen LogP contribution in [0.25, 0.3) is 0 Å². The number of nitrogens with zero attached hydrogens (tertiary/aromatic N) is 1. The van der Waals surface area contributed by atoms with E-state index in [1.807, 2.05) is 0 Å². The molecule has 0 spiro atoms. The molecule has 0 aromatic heterocycles. The minimum absolute atomic E-state index is 0.0364. The molecule has 2 rings (SSSR count). The second kappa shape index (κ2) is 6.46. The Balaban J connectivity index is 2.03. The summed E-state index contributed by atoms with van der Waals surface area (Å²) in [6.45, 7) is 0.309. The van der Waals surface area contributed by atoms with E-state index in [0.717, 1.165) is 19.3 Å². The van der Waals surface area contributed by atoms with E-state index in [4.69, 9.17) is 28.3 Å². The topological polar surface area (TPSA) is 52.6 Å². The van der Waals surface area contributed by atoms with Crippen molar-refractivity contribution < 1.29 is 9.90 Å². The number of benzene rings is 1. The number of amides is 2. The van der Waals surface area contributed by atoms with Gasteiger partial charge in [-0.05, 0) is 37.5 Å². The average molecular weight is 303 g/mol. The van der Waals surface area contributed by atoms with E-state index in [-0.39, 0.29) is 18.7 Å². The van der Waals surface area contributed by atoms with Gasteiger partial charge in [-0.25, -0.2) is 4.79 Å². The highest BCUT2D eigenvalue weighted by Crippen LogP contribution is 2.27. The lowest BCUT2D eigenvalue weighted by Crippen LogP contribution is -2.47. The molecular formula is C13H16Cl2N2O2. The quantitative estimate of drug-likeness (QED) is 0.896. The van der Waals surface area contributed by atoms with Gasteiger partial charge in [0.15, 0.2) is 0 Å². The molecule has 1 aromatic carbocycles. The van der Waals surface area contributed by atoms with Crippen molar-refractivity contribution in [2.24, 2.45) is 0 Å². The molecule has 1 saturated carbocycles. The summed E-state index contributed by atoms with van der Waals surface area (Å²) in [5.41, 5.74) is 0.599. The van der Waals surface area contributed by atoms with Crippen LogP contribution >= 0.6 is 23.2 Å². The molecule has 6 heteroatoms. The van der Waals surface area contributed by atoms with Gasteiger partial charge >= 0.3 is 6.03 Å². The van der Waals surface area contributed by atoms with Crippen molar-refractivity contribution in [1.29, 1.82) is 0 Å². The Morgan fingerprint density at radius 1 is 1.37 bits per heavy atom. The first-order valence-corrected chi connectivity index (χ1v) is 7.01. The SMILES string of the molecule is O=C(Nc1ccc(Cl)c(Cl)c1)N(CCO)C1CCC1. The van der Waals surface area contributed by atoms with Gasteiger partial charge < -0.3 is 15.3 Å². The van der Waals surface area contributed by atoms with E-state index in [1.54, 1.807) is 23.1 Å². The van der Waals surface area contributed by atoms with Gasteiger partial charge in [0.25, 0.3) is 0 Å². The first-order chi connectivity index (χ1) is 9.11. The third kappa shape index (κ3) is 3.53. The summed E-state index contributed by atoms with van der Waals surface area (Å²) in [6.07, 6.45) is 3.12. The van der Waals surface area contributed by atoms with Crippen molar-refractivity contribution >= 4 is 34.9 Å². The summed E-state index contributed by atoms with van der Waals surface area (Å²) in [6, 6.07) is 4.97. The van der Waals surface area contributed by atoms with Gasteiger partial charge in [0, 0.05) is 18.3 Å². The summed E-state index contributed by atoms with van der Waals surface area (Å²) in [4.78, 5) is 13.8. The minimum atomic E-state index is -0.211. The standard InChI is InChI=1S/C13H16Cl2N2O2/c14-11-5-4-9(8-12(11)15)16-13(19)17(6-7-18)10-2-1-3-10/h4-5,8,10,18H,1-3,6-7H2,(H,16,19). The maximum atomic E-state index is 12.2. The van der Waals surface area contributed by atoms with Crippen LogP contribution in [-0.4, -0.2) is 35.2 Å².